The zero-order valence-corrected chi connectivity index (χ0v) is 12.5. The number of carbonyl (C=O) groups is 2. The van der Waals surface area contributed by atoms with E-state index in [1.807, 2.05) is 18.2 Å². The molecule has 1 unspecified atom stereocenters. The lowest BCUT2D eigenvalue weighted by atomic mass is 9.97. The van der Waals surface area contributed by atoms with Crippen LogP contribution in [0, 0.1) is 0 Å². The zero-order valence-electron chi connectivity index (χ0n) is 12.5. The van der Waals surface area contributed by atoms with Crippen molar-refractivity contribution in [3.05, 3.63) is 29.8 Å². The number of fused-ring (bicyclic) bond motifs is 1. The van der Waals surface area contributed by atoms with Gasteiger partial charge in [-0.15, -0.1) is 0 Å². The highest BCUT2D eigenvalue weighted by atomic mass is 16.2. The number of unbranched alkanes of at least 4 members (excludes halogenated alkanes) is 1. The van der Waals surface area contributed by atoms with Crippen molar-refractivity contribution in [1.82, 2.24) is 4.90 Å². The molecule has 1 aliphatic rings. The molecule has 0 saturated heterocycles. The second-order valence-corrected chi connectivity index (χ2v) is 5.50. The quantitative estimate of drug-likeness (QED) is 0.802. The van der Waals surface area contributed by atoms with Crippen molar-refractivity contribution in [2.75, 3.05) is 25.0 Å². The van der Waals surface area contributed by atoms with Crippen molar-refractivity contribution in [2.24, 2.45) is 5.73 Å². The second kappa shape index (κ2) is 7.11. The SMILES string of the molecule is CCCCN(CC(N)=O)C(=O)CC1CNc2ccccc21. The van der Waals surface area contributed by atoms with Gasteiger partial charge in [-0.3, -0.25) is 9.59 Å². The predicted octanol–water partition coefficient (Wildman–Crippen LogP) is 1.70. The molecule has 1 heterocycles. The van der Waals surface area contributed by atoms with Crippen LogP contribution in [0.25, 0.3) is 0 Å². The smallest absolute Gasteiger partial charge is 0.237 e. The molecule has 21 heavy (non-hydrogen) atoms. The van der Waals surface area contributed by atoms with Gasteiger partial charge in [-0.2, -0.15) is 0 Å². The molecule has 5 nitrogen and oxygen atoms in total. The molecule has 0 aromatic heterocycles. The second-order valence-electron chi connectivity index (χ2n) is 5.50. The third-order valence-electron chi connectivity index (χ3n) is 3.84. The van der Waals surface area contributed by atoms with Crippen LogP contribution < -0.4 is 11.1 Å². The first-order chi connectivity index (χ1) is 10.1. The molecule has 2 rings (SSSR count). The van der Waals surface area contributed by atoms with Gasteiger partial charge in [0.1, 0.15) is 0 Å². The molecular formula is C16H23N3O2. The highest BCUT2D eigenvalue weighted by Gasteiger charge is 2.26. The largest absolute Gasteiger partial charge is 0.384 e. The summed E-state index contributed by atoms with van der Waals surface area (Å²) in [6, 6.07) is 8.05. The minimum absolute atomic E-state index is 0.00533. The summed E-state index contributed by atoms with van der Waals surface area (Å²) < 4.78 is 0. The number of nitrogens with one attached hydrogen (secondary N) is 1. The summed E-state index contributed by atoms with van der Waals surface area (Å²) >= 11 is 0. The van der Waals surface area contributed by atoms with Gasteiger partial charge in [-0.05, 0) is 18.1 Å². The van der Waals surface area contributed by atoms with E-state index in [-0.39, 0.29) is 18.4 Å². The first kappa shape index (κ1) is 15.4. The average Bonchev–Trinajstić information content (AvgIpc) is 2.86. The van der Waals surface area contributed by atoms with Crippen LogP contribution in [0.1, 0.15) is 37.7 Å². The van der Waals surface area contributed by atoms with E-state index in [4.69, 9.17) is 5.73 Å². The Labute approximate surface area is 125 Å². The maximum absolute atomic E-state index is 12.4. The number of hydrogen-bond acceptors (Lipinski definition) is 3. The molecule has 0 bridgehead atoms. The van der Waals surface area contributed by atoms with Gasteiger partial charge >= 0.3 is 0 Å². The van der Waals surface area contributed by atoms with Gasteiger partial charge in [-0.1, -0.05) is 31.5 Å². The van der Waals surface area contributed by atoms with E-state index in [1.54, 1.807) is 4.90 Å². The van der Waals surface area contributed by atoms with Gasteiger partial charge < -0.3 is 16.0 Å². The van der Waals surface area contributed by atoms with E-state index < -0.39 is 5.91 Å². The Hall–Kier alpha value is -2.04. The number of nitrogens with two attached hydrogens (primary N) is 1. The number of para-hydroxylation sites is 1. The van der Waals surface area contributed by atoms with Crippen molar-refractivity contribution < 1.29 is 9.59 Å². The normalized spacial score (nSPS) is 16.1. The number of nitrogens with zero attached hydrogens (tertiary/aromatic N) is 1. The first-order valence-corrected chi connectivity index (χ1v) is 7.50. The van der Waals surface area contributed by atoms with Crippen LogP contribution in [0.2, 0.25) is 0 Å². The fraction of sp³-hybridized carbons (Fsp3) is 0.500. The summed E-state index contributed by atoms with van der Waals surface area (Å²) in [6.45, 7) is 3.44. The number of amides is 2. The summed E-state index contributed by atoms with van der Waals surface area (Å²) in [7, 11) is 0. The molecule has 1 atom stereocenters. The summed E-state index contributed by atoms with van der Waals surface area (Å²) in [5, 5.41) is 3.32. The van der Waals surface area contributed by atoms with Gasteiger partial charge in [0.15, 0.2) is 0 Å². The van der Waals surface area contributed by atoms with E-state index in [2.05, 4.69) is 18.3 Å². The van der Waals surface area contributed by atoms with Crippen molar-refractivity contribution in [3.63, 3.8) is 0 Å². The molecule has 0 fully saturated rings. The van der Waals surface area contributed by atoms with Crippen LogP contribution in [-0.2, 0) is 9.59 Å². The molecule has 2 amide bonds. The Morgan fingerprint density at radius 1 is 1.38 bits per heavy atom. The molecule has 5 heteroatoms. The zero-order chi connectivity index (χ0) is 15.2. The van der Waals surface area contributed by atoms with Crippen LogP contribution in [0.15, 0.2) is 24.3 Å². The van der Waals surface area contributed by atoms with E-state index in [1.165, 1.54) is 5.56 Å². The summed E-state index contributed by atoms with van der Waals surface area (Å²) in [4.78, 5) is 25.2. The van der Waals surface area contributed by atoms with E-state index in [9.17, 15) is 9.59 Å². The van der Waals surface area contributed by atoms with E-state index >= 15 is 0 Å². The van der Waals surface area contributed by atoms with Gasteiger partial charge in [0.05, 0.1) is 6.54 Å². The maximum Gasteiger partial charge on any atom is 0.237 e. The van der Waals surface area contributed by atoms with E-state index in [0.717, 1.165) is 25.1 Å². The van der Waals surface area contributed by atoms with Gasteiger partial charge in [0, 0.05) is 31.1 Å². The topological polar surface area (TPSA) is 75.4 Å². The van der Waals surface area contributed by atoms with Crippen molar-refractivity contribution in [1.29, 1.82) is 0 Å². The van der Waals surface area contributed by atoms with E-state index in [0.29, 0.717) is 13.0 Å². The Balaban J connectivity index is 2.00. The number of hydrogen-bond donors (Lipinski definition) is 2. The number of primary amides is 1. The fourth-order valence-electron chi connectivity index (χ4n) is 2.71. The Bertz CT molecular complexity index is 516. The number of anilines is 1. The minimum atomic E-state index is -0.454. The fourth-order valence-corrected chi connectivity index (χ4v) is 2.71. The molecule has 114 valence electrons. The Kier molecular flexibility index (Phi) is 5.20. The summed E-state index contributed by atoms with van der Waals surface area (Å²) in [5.74, 6) is -0.277. The van der Waals surface area contributed by atoms with Crippen molar-refractivity contribution in [3.8, 4) is 0 Å². The predicted molar refractivity (Wildman–Crippen MR) is 83.0 cm³/mol. The number of carbonyl (C=O) groups excluding carboxylic acids is 2. The third-order valence-corrected chi connectivity index (χ3v) is 3.84. The molecule has 0 spiro atoms. The molecule has 1 aromatic rings. The average molecular weight is 289 g/mol. The molecule has 0 radical (unpaired) electrons. The van der Waals surface area contributed by atoms with Gasteiger partial charge in [-0.25, -0.2) is 0 Å². The monoisotopic (exact) mass is 289 g/mol. The standard InChI is InChI=1S/C16H23N3O2/c1-2-3-8-19(11-15(17)20)16(21)9-12-10-18-14-7-5-4-6-13(12)14/h4-7,12,18H,2-3,8-11H2,1H3,(H2,17,20). The highest BCUT2D eigenvalue weighted by Crippen LogP contribution is 2.33. The lowest BCUT2D eigenvalue weighted by molar-refractivity contribution is -0.135. The van der Waals surface area contributed by atoms with Crippen molar-refractivity contribution >= 4 is 17.5 Å². The van der Waals surface area contributed by atoms with Crippen LogP contribution in [0.4, 0.5) is 5.69 Å². The van der Waals surface area contributed by atoms with Crippen LogP contribution in [-0.4, -0.2) is 36.3 Å². The summed E-state index contributed by atoms with van der Waals surface area (Å²) in [6.07, 6.45) is 2.29. The maximum atomic E-state index is 12.4. The first-order valence-electron chi connectivity index (χ1n) is 7.50. The van der Waals surface area contributed by atoms with Crippen LogP contribution in [0.3, 0.4) is 0 Å². The van der Waals surface area contributed by atoms with Gasteiger partial charge in [0.2, 0.25) is 11.8 Å². The lowest BCUT2D eigenvalue weighted by Gasteiger charge is -2.22. The minimum Gasteiger partial charge on any atom is -0.384 e. The number of rotatable bonds is 7. The van der Waals surface area contributed by atoms with Crippen molar-refractivity contribution in [2.45, 2.75) is 32.1 Å². The lowest BCUT2D eigenvalue weighted by Crippen LogP contribution is -2.39. The highest BCUT2D eigenvalue weighted by molar-refractivity contribution is 5.84. The van der Waals surface area contributed by atoms with Gasteiger partial charge in [0.25, 0.3) is 0 Å². The molecule has 0 saturated carbocycles. The third kappa shape index (κ3) is 3.97. The van der Waals surface area contributed by atoms with Crippen LogP contribution in [0.5, 0.6) is 0 Å². The summed E-state index contributed by atoms with van der Waals surface area (Å²) in [5.41, 5.74) is 7.53. The Morgan fingerprint density at radius 2 is 2.14 bits per heavy atom. The molecule has 1 aliphatic heterocycles. The molecule has 1 aromatic carbocycles. The molecular weight excluding hydrogens is 266 g/mol. The Morgan fingerprint density at radius 3 is 2.86 bits per heavy atom. The molecule has 3 N–H and O–H groups in total. The van der Waals surface area contributed by atoms with Crippen LogP contribution >= 0.6 is 0 Å². The number of benzene rings is 1. The molecule has 0 aliphatic carbocycles.